The van der Waals surface area contributed by atoms with Gasteiger partial charge in [-0.3, -0.25) is 20.4 Å². The standard InChI is InChI=1S/C17H17ClN4O2S/c18-14-8-4-7-13(9-14)16(24)19-11-15(23)21-22-17(25)20-10-12-5-2-1-3-6-12/h1-9H,10-11H2,(H,19,24)(H,21,23)(H2,20,22,25). The fourth-order valence-corrected chi connectivity index (χ4v) is 2.20. The third kappa shape index (κ3) is 6.78. The van der Waals surface area contributed by atoms with Gasteiger partial charge in [0.05, 0.1) is 6.54 Å². The Hall–Kier alpha value is -2.64. The number of hydrogen-bond donors (Lipinski definition) is 4. The molecule has 8 heteroatoms. The molecule has 0 fully saturated rings. The molecule has 0 atom stereocenters. The Bertz CT molecular complexity index is 755. The van der Waals surface area contributed by atoms with Crippen LogP contribution in [-0.4, -0.2) is 23.5 Å². The molecule has 0 unspecified atom stereocenters. The Morgan fingerprint density at radius 3 is 2.44 bits per heavy atom. The molecule has 4 N–H and O–H groups in total. The Balaban J connectivity index is 1.66. The molecule has 6 nitrogen and oxygen atoms in total. The van der Waals surface area contributed by atoms with Gasteiger partial charge in [0.15, 0.2) is 5.11 Å². The van der Waals surface area contributed by atoms with Crippen LogP contribution in [0.15, 0.2) is 54.6 Å². The number of amides is 2. The lowest BCUT2D eigenvalue weighted by Gasteiger charge is -2.12. The minimum atomic E-state index is -0.431. The monoisotopic (exact) mass is 376 g/mol. The number of hydrogen-bond acceptors (Lipinski definition) is 3. The van der Waals surface area contributed by atoms with Gasteiger partial charge >= 0.3 is 0 Å². The van der Waals surface area contributed by atoms with Crippen LogP contribution in [0.5, 0.6) is 0 Å². The van der Waals surface area contributed by atoms with E-state index in [-0.39, 0.29) is 17.6 Å². The van der Waals surface area contributed by atoms with E-state index in [0.29, 0.717) is 17.1 Å². The van der Waals surface area contributed by atoms with E-state index in [0.717, 1.165) is 5.56 Å². The molecule has 2 aromatic carbocycles. The van der Waals surface area contributed by atoms with E-state index in [1.807, 2.05) is 30.3 Å². The van der Waals surface area contributed by atoms with E-state index in [1.165, 1.54) is 6.07 Å². The van der Waals surface area contributed by atoms with Crippen LogP contribution in [0.4, 0.5) is 0 Å². The van der Waals surface area contributed by atoms with Crippen LogP contribution in [0.3, 0.4) is 0 Å². The van der Waals surface area contributed by atoms with Gasteiger partial charge in [-0.05, 0) is 36.0 Å². The highest BCUT2D eigenvalue weighted by Gasteiger charge is 2.08. The largest absolute Gasteiger partial charge is 0.357 e. The highest BCUT2D eigenvalue weighted by molar-refractivity contribution is 7.80. The van der Waals surface area contributed by atoms with Crippen molar-refractivity contribution >= 4 is 40.7 Å². The van der Waals surface area contributed by atoms with Gasteiger partial charge in [0.2, 0.25) is 0 Å². The van der Waals surface area contributed by atoms with E-state index >= 15 is 0 Å². The molecule has 2 rings (SSSR count). The van der Waals surface area contributed by atoms with E-state index in [2.05, 4.69) is 21.5 Å². The van der Waals surface area contributed by atoms with Crippen LogP contribution in [0, 0.1) is 0 Å². The highest BCUT2D eigenvalue weighted by Crippen LogP contribution is 2.10. The van der Waals surface area contributed by atoms with Crippen molar-refractivity contribution in [1.82, 2.24) is 21.5 Å². The first-order valence-corrected chi connectivity index (χ1v) is 8.23. The molecule has 0 bridgehead atoms. The molecule has 0 aliphatic rings. The summed E-state index contributed by atoms with van der Waals surface area (Å²) in [7, 11) is 0. The van der Waals surface area contributed by atoms with E-state index in [1.54, 1.807) is 18.2 Å². The molecule has 130 valence electrons. The van der Waals surface area contributed by atoms with Gasteiger partial charge in [-0.15, -0.1) is 0 Å². The summed E-state index contributed by atoms with van der Waals surface area (Å²) in [6.45, 7) is 0.341. The van der Waals surface area contributed by atoms with Crippen LogP contribution in [0.25, 0.3) is 0 Å². The summed E-state index contributed by atoms with van der Waals surface area (Å²) in [4.78, 5) is 23.6. The minimum absolute atomic E-state index is 0.195. The number of rotatable bonds is 5. The molecule has 0 radical (unpaired) electrons. The number of halogens is 1. The number of carbonyl (C=O) groups excluding carboxylic acids is 2. The molecule has 2 amide bonds. The van der Waals surface area contributed by atoms with Crippen LogP contribution in [0.2, 0.25) is 5.02 Å². The van der Waals surface area contributed by atoms with Crippen molar-refractivity contribution in [2.75, 3.05) is 6.54 Å². The number of thiocarbonyl (C=S) groups is 1. The lowest BCUT2D eigenvalue weighted by molar-refractivity contribution is -0.120. The van der Waals surface area contributed by atoms with Crippen LogP contribution >= 0.6 is 23.8 Å². The summed E-state index contributed by atoms with van der Waals surface area (Å²) in [6.07, 6.45) is 0. The number of hydrazine groups is 1. The Labute approximate surface area is 155 Å². The van der Waals surface area contributed by atoms with Crippen molar-refractivity contribution in [2.45, 2.75) is 6.54 Å². The summed E-state index contributed by atoms with van der Waals surface area (Å²) in [6, 6.07) is 16.2. The third-order valence-electron chi connectivity index (χ3n) is 3.11. The van der Waals surface area contributed by atoms with Gasteiger partial charge in [0.1, 0.15) is 0 Å². The van der Waals surface area contributed by atoms with Crippen molar-refractivity contribution in [1.29, 1.82) is 0 Å². The summed E-state index contributed by atoms with van der Waals surface area (Å²) < 4.78 is 0. The number of nitrogens with one attached hydrogen (secondary N) is 4. The van der Waals surface area contributed by atoms with Crippen molar-refractivity contribution in [3.05, 3.63) is 70.7 Å². The quantitative estimate of drug-likeness (QED) is 0.472. The van der Waals surface area contributed by atoms with E-state index < -0.39 is 5.91 Å². The zero-order valence-electron chi connectivity index (χ0n) is 13.2. The second-order valence-corrected chi connectivity index (χ2v) is 5.88. The SMILES string of the molecule is O=C(CNC(=O)c1cccc(Cl)c1)NNC(=S)NCc1ccccc1. The summed E-state index contributed by atoms with van der Waals surface area (Å²) in [5.74, 6) is -0.818. The first-order chi connectivity index (χ1) is 12.0. The first-order valence-electron chi connectivity index (χ1n) is 7.45. The zero-order valence-corrected chi connectivity index (χ0v) is 14.8. The maximum atomic E-state index is 11.9. The summed E-state index contributed by atoms with van der Waals surface area (Å²) in [5, 5.41) is 6.18. The molecule has 0 saturated heterocycles. The second kappa shape index (κ2) is 9.61. The maximum absolute atomic E-state index is 11.9. The van der Waals surface area contributed by atoms with Gasteiger partial charge in [-0.25, -0.2) is 0 Å². The smallest absolute Gasteiger partial charge is 0.257 e. The van der Waals surface area contributed by atoms with Crippen molar-refractivity contribution < 1.29 is 9.59 Å². The van der Waals surface area contributed by atoms with Crippen molar-refractivity contribution in [3.63, 3.8) is 0 Å². The van der Waals surface area contributed by atoms with Crippen LogP contribution in [0.1, 0.15) is 15.9 Å². The predicted molar refractivity (Wildman–Crippen MR) is 101 cm³/mol. The molecular weight excluding hydrogens is 360 g/mol. The fraction of sp³-hybridized carbons (Fsp3) is 0.118. The molecule has 0 heterocycles. The normalized spacial score (nSPS) is 9.80. The Kier molecular flexibility index (Phi) is 7.18. The highest BCUT2D eigenvalue weighted by atomic mass is 35.5. The topological polar surface area (TPSA) is 82.3 Å². The van der Waals surface area contributed by atoms with Crippen molar-refractivity contribution in [2.24, 2.45) is 0 Å². The Morgan fingerprint density at radius 2 is 1.72 bits per heavy atom. The van der Waals surface area contributed by atoms with Crippen LogP contribution < -0.4 is 21.5 Å². The molecule has 2 aromatic rings. The minimum Gasteiger partial charge on any atom is -0.357 e. The molecule has 0 aromatic heterocycles. The average molecular weight is 377 g/mol. The number of benzene rings is 2. The lowest BCUT2D eigenvalue weighted by atomic mass is 10.2. The van der Waals surface area contributed by atoms with Gasteiger partial charge in [-0.2, -0.15) is 0 Å². The van der Waals surface area contributed by atoms with E-state index in [4.69, 9.17) is 23.8 Å². The van der Waals surface area contributed by atoms with Gasteiger partial charge < -0.3 is 10.6 Å². The lowest BCUT2D eigenvalue weighted by Crippen LogP contribution is -2.49. The van der Waals surface area contributed by atoms with Crippen molar-refractivity contribution in [3.8, 4) is 0 Å². The Morgan fingerprint density at radius 1 is 0.960 bits per heavy atom. The third-order valence-corrected chi connectivity index (χ3v) is 3.59. The van der Waals surface area contributed by atoms with Gasteiger partial charge in [0, 0.05) is 17.1 Å². The zero-order chi connectivity index (χ0) is 18.1. The maximum Gasteiger partial charge on any atom is 0.257 e. The number of carbonyl (C=O) groups is 2. The molecule has 0 aliphatic carbocycles. The van der Waals surface area contributed by atoms with Gasteiger partial charge in [0.25, 0.3) is 11.8 Å². The molecule has 25 heavy (non-hydrogen) atoms. The summed E-state index contributed by atoms with van der Waals surface area (Å²) in [5.41, 5.74) is 6.42. The van der Waals surface area contributed by atoms with E-state index in [9.17, 15) is 9.59 Å². The molecule has 0 saturated carbocycles. The van der Waals surface area contributed by atoms with Gasteiger partial charge in [-0.1, -0.05) is 48.0 Å². The second-order valence-electron chi connectivity index (χ2n) is 5.03. The molecule has 0 spiro atoms. The predicted octanol–water partition coefficient (Wildman–Crippen LogP) is 1.77. The first kappa shape index (κ1) is 18.7. The summed E-state index contributed by atoms with van der Waals surface area (Å²) >= 11 is 10.9. The average Bonchev–Trinajstić information content (AvgIpc) is 2.63. The van der Waals surface area contributed by atoms with Crippen LogP contribution in [-0.2, 0) is 11.3 Å². The molecule has 0 aliphatic heterocycles. The molecular formula is C17H17ClN4O2S. The fourth-order valence-electron chi connectivity index (χ4n) is 1.89.